The lowest BCUT2D eigenvalue weighted by atomic mass is 10.0. The van der Waals surface area contributed by atoms with Crippen LogP contribution in [-0.4, -0.2) is 24.1 Å². The molecule has 0 saturated heterocycles. The summed E-state index contributed by atoms with van der Waals surface area (Å²) < 4.78 is 18.1. The van der Waals surface area contributed by atoms with E-state index in [1.54, 1.807) is 0 Å². The zero-order valence-electron chi connectivity index (χ0n) is 11.1. The maximum atomic E-state index is 13.2. The number of halogens is 1. The number of carboxylic acid groups (broad SMARTS) is 1. The van der Waals surface area contributed by atoms with Gasteiger partial charge in [0.25, 0.3) is 0 Å². The molecule has 2 N–H and O–H groups in total. The van der Waals surface area contributed by atoms with Crippen molar-refractivity contribution in [2.24, 2.45) is 11.8 Å². The highest BCUT2D eigenvalue weighted by Gasteiger charge is 2.33. The second kappa shape index (κ2) is 5.90. The molecule has 1 amide bonds. The third-order valence-electron chi connectivity index (χ3n) is 3.57. The van der Waals surface area contributed by atoms with Crippen LogP contribution in [0.5, 0.6) is 5.75 Å². The Hall–Kier alpha value is -2.11. The second-order valence-corrected chi connectivity index (χ2v) is 4.88. The highest BCUT2D eigenvalue weighted by molar-refractivity contribution is 5.93. The molecule has 1 aromatic carbocycles. The molecular weight excluding hydrogens is 265 g/mol. The number of nitrogens with one attached hydrogen (secondary N) is 1. The molecule has 1 aromatic rings. The molecule has 2 rings (SSSR count). The summed E-state index contributed by atoms with van der Waals surface area (Å²) in [6.07, 6.45) is 1.42. The standard InChI is InChI=1S/C14H16FNO4/c1-20-12-7-10(4-5-11(12)15)16-13(17)8-2-3-9(6-8)14(18)19/h4-5,7-9H,2-3,6H2,1H3,(H,16,17)(H,18,19). The Morgan fingerprint density at radius 1 is 1.35 bits per heavy atom. The Kier molecular flexibility index (Phi) is 4.22. The van der Waals surface area contributed by atoms with Gasteiger partial charge in [-0.2, -0.15) is 0 Å². The van der Waals surface area contributed by atoms with Crippen LogP contribution >= 0.6 is 0 Å². The molecule has 0 bridgehead atoms. The molecule has 1 aliphatic carbocycles. The van der Waals surface area contributed by atoms with E-state index in [4.69, 9.17) is 9.84 Å². The van der Waals surface area contributed by atoms with E-state index in [0.29, 0.717) is 24.9 Å². The largest absolute Gasteiger partial charge is 0.494 e. The van der Waals surface area contributed by atoms with Gasteiger partial charge in [0.2, 0.25) is 5.91 Å². The molecule has 2 unspecified atom stereocenters. The van der Waals surface area contributed by atoms with Crippen molar-refractivity contribution in [2.75, 3.05) is 12.4 Å². The van der Waals surface area contributed by atoms with E-state index in [1.807, 2.05) is 0 Å². The van der Waals surface area contributed by atoms with Gasteiger partial charge < -0.3 is 15.2 Å². The van der Waals surface area contributed by atoms with Crippen LogP contribution in [0.25, 0.3) is 0 Å². The molecule has 20 heavy (non-hydrogen) atoms. The van der Waals surface area contributed by atoms with Crippen molar-refractivity contribution in [3.63, 3.8) is 0 Å². The van der Waals surface area contributed by atoms with Gasteiger partial charge in [-0.15, -0.1) is 0 Å². The van der Waals surface area contributed by atoms with E-state index in [2.05, 4.69) is 5.32 Å². The molecule has 6 heteroatoms. The van der Waals surface area contributed by atoms with Gasteiger partial charge in [0, 0.05) is 17.7 Å². The SMILES string of the molecule is COc1cc(NC(=O)C2CCC(C(=O)O)C2)ccc1F. The molecule has 1 fully saturated rings. The number of benzene rings is 1. The van der Waals surface area contributed by atoms with Crippen LogP contribution in [-0.2, 0) is 9.59 Å². The Morgan fingerprint density at radius 3 is 2.65 bits per heavy atom. The molecular formula is C14H16FNO4. The van der Waals surface area contributed by atoms with Crippen LogP contribution in [0.2, 0.25) is 0 Å². The topological polar surface area (TPSA) is 75.6 Å². The normalized spacial score (nSPS) is 21.5. The van der Waals surface area contributed by atoms with E-state index in [0.717, 1.165) is 0 Å². The number of hydrogen-bond donors (Lipinski definition) is 2. The van der Waals surface area contributed by atoms with Crippen molar-refractivity contribution in [3.05, 3.63) is 24.0 Å². The van der Waals surface area contributed by atoms with Crippen LogP contribution in [0, 0.1) is 17.7 Å². The van der Waals surface area contributed by atoms with Crippen LogP contribution in [0.3, 0.4) is 0 Å². The molecule has 0 aromatic heterocycles. The number of aliphatic carboxylic acids is 1. The number of rotatable bonds is 4. The quantitative estimate of drug-likeness (QED) is 0.887. The number of hydrogen-bond acceptors (Lipinski definition) is 3. The lowest BCUT2D eigenvalue weighted by Crippen LogP contribution is -2.21. The average Bonchev–Trinajstić information content (AvgIpc) is 2.91. The maximum absolute atomic E-state index is 13.2. The predicted molar refractivity (Wildman–Crippen MR) is 70.0 cm³/mol. The lowest BCUT2D eigenvalue weighted by molar-refractivity contribution is -0.141. The van der Waals surface area contributed by atoms with Gasteiger partial charge in [0.15, 0.2) is 11.6 Å². The highest BCUT2D eigenvalue weighted by Crippen LogP contribution is 2.32. The summed E-state index contributed by atoms with van der Waals surface area (Å²) in [5.41, 5.74) is 0.437. The van der Waals surface area contributed by atoms with Gasteiger partial charge in [0.1, 0.15) is 0 Å². The third kappa shape index (κ3) is 3.07. The fourth-order valence-electron chi connectivity index (χ4n) is 2.43. The number of methoxy groups -OCH3 is 1. The van der Waals surface area contributed by atoms with Crippen molar-refractivity contribution >= 4 is 17.6 Å². The number of carbonyl (C=O) groups is 2. The Bertz CT molecular complexity index is 532. The summed E-state index contributed by atoms with van der Waals surface area (Å²) in [6, 6.07) is 4.05. The monoisotopic (exact) mass is 281 g/mol. The molecule has 0 radical (unpaired) electrons. The average molecular weight is 281 g/mol. The summed E-state index contributed by atoms with van der Waals surface area (Å²) in [4.78, 5) is 22.9. The number of amides is 1. The zero-order valence-corrected chi connectivity index (χ0v) is 11.1. The van der Waals surface area contributed by atoms with Crippen molar-refractivity contribution in [3.8, 4) is 5.75 Å². The van der Waals surface area contributed by atoms with Gasteiger partial charge in [0.05, 0.1) is 13.0 Å². The predicted octanol–water partition coefficient (Wildman–Crippen LogP) is 2.27. The Morgan fingerprint density at radius 2 is 2.05 bits per heavy atom. The summed E-state index contributed by atoms with van der Waals surface area (Å²) in [5.74, 6) is -2.30. The van der Waals surface area contributed by atoms with Crippen molar-refractivity contribution in [1.29, 1.82) is 0 Å². The molecule has 0 aliphatic heterocycles. The number of ether oxygens (including phenoxy) is 1. The first-order valence-electron chi connectivity index (χ1n) is 6.38. The first-order valence-corrected chi connectivity index (χ1v) is 6.38. The van der Waals surface area contributed by atoms with Crippen molar-refractivity contribution in [1.82, 2.24) is 0 Å². The molecule has 2 atom stereocenters. The second-order valence-electron chi connectivity index (χ2n) is 4.88. The van der Waals surface area contributed by atoms with Gasteiger partial charge in [-0.3, -0.25) is 9.59 Å². The molecule has 1 saturated carbocycles. The lowest BCUT2D eigenvalue weighted by Gasteiger charge is -2.12. The highest BCUT2D eigenvalue weighted by atomic mass is 19.1. The fraction of sp³-hybridized carbons (Fsp3) is 0.429. The van der Waals surface area contributed by atoms with E-state index in [-0.39, 0.29) is 17.6 Å². The first kappa shape index (κ1) is 14.3. The van der Waals surface area contributed by atoms with Crippen LogP contribution in [0.15, 0.2) is 18.2 Å². The molecule has 5 nitrogen and oxygen atoms in total. The Labute approximate surface area is 115 Å². The molecule has 0 heterocycles. The number of anilines is 1. The van der Waals surface area contributed by atoms with Crippen LogP contribution in [0.1, 0.15) is 19.3 Å². The minimum atomic E-state index is -0.858. The molecule has 1 aliphatic rings. The smallest absolute Gasteiger partial charge is 0.306 e. The van der Waals surface area contributed by atoms with Crippen LogP contribution in [0.4, 0.5) is 10.1 Å². The van der Waals surface area contributed by atoms with Crippen molar-refractivity contribution < 1.29 is 23.8 Å². The third-order valence-corrected chi connectivity index (χ3v) is 3.57. The zero-order chi connectivity index (χ0) is 14.7. The minimum absolute atomic E-state index is 0.0534. The van der Waals surface area contributed by atoms with Gasteiger partial charge in [-0.25, -0.2) is 4.39 Å². The van der Waals surface area contributed by atoms with Crippen molar-refractivity contribution in [2.45, 2.75) is 19.3 Å². The number of carboxylic acids is 1. The summed E-state index contributed by atoms with van der Waals surface area (Å²) in [7, 11) is 1.35. The van der Waals surface area contributed by atoms with Crippen LogP contribution < -0.4 is 10.1 Å². The van der Waals surface area contributed by atoms with E-state index in [1.165, 1.54) is 25.3 Å². The summed E-state index contributed by atoms with van der Waals surface area (Å²) >= 11 is 0. The van der Waals surface area contributed by atoms with Gasteiger partial charge >= 0.3 is 5.97 Å². The molecule has 0 spiro atoms. The molecule has 108 valence electrons. The Balaban J connectivity index is 2.00. The van der Waals surface area contributed by atoms with Gasteiger partial charge in [-0.05, 0) is 31.4 Å². The first-order chi connectivity index (χ1) is 9.51. The van der Waals surface area contributed by atoms with Gasteiger partial charge in [-0.1, -0.05) is 0 Å². The maximum Gasteiger partial charge on any atom is 0.306 e. The minimum Gasteiger partial charge on any atom is -0.494 e. The fourth-order valence-corrected chi connectivity index (χ4v) is 2.43. The van der Waals surface area contributed by atoms with E-state index in [9.17, 15) is 14.0 Å². The van der Waals surface area contributed by atoms with E-state index >= 15 is 0 Å². The number of carbonyl (C=O) groups excluding carboxylic acids is 1. The summed E-state index contributed by atoms with van der Waals surface area (Å²) in [5, 5.41) is 11.6. The summed E-state index contributed by atoms with van der Waals surface area (Å²) in [6.45, 7) is 0. The van der Waals surface area contributed by atoms with E-state index < -0.39 is 17.7 Å².